The maximum Gasteiger partial charge on any atom is 0.0765 e. The van der Waals surface area contributed by atoms with E-state index in [4.69, 9.17) is 0 Å². The van der Waals surface area contributed by atoms with Gasteiger partial charge in [0.2, 0.25) is 0 Å². The van der Waals surface area contributed by atoms with E-state index in [1.807, 2.05) is 30.6 Å². The fourth-order valence-corrected chi connectivity index (χ4v) is 2.97. The number of benzene rings is 1. The van der Waals surface area contributed by atoms with Crippen molar-refractivity contribution in [3.8, 4) is 0 Å². The summed E-state index contributed by atoms with van der Waals surface area (Å²) in [5.74, 6) is 0. The molecular formula is C10H15NS2. The summed E-state index contributed by atoms with van der Waals surface area (Å²) in [7, 11) is 1.97. The lowest BCUT2D eigenvalue weighted by Crippen LogP contribution is -1.96. The molecule has 72 valence electrons. The Hall–Kier alpha value is -0.280. The maximum atomic E-state index is 3.22. The van der Waals surface area contributed by atoms with Gasteiger partial charge in [0, 0.05) is 12.7 Å². The summed E-state index contributed by atoms with van der Waals surface area (Å²) in [5.41, 5.74) is 2.61. The number of para-hydroxylation sites is 1. The lowest BCUT2D eigenvalue weighted by Gasteiger charge is -2.15. The third-order valence-electron chi connectivity index (χ3n) is 1.91. The molecule has 0 bridgehead atoms. The second-order valence-electron chi connectivity index (χ2n) is 2.64. The average molecular weight is 213 g/mol. The molecule has 0 atom stereocenters. The molecule has 1 rings (SSSR count). The van der Waals surface area contributed by atoms with Gasteiger partial charge in [-0.1, -0.05) is 18.2 Å². The van der Waals surface area contributed by atoms with Gasteiger partial charge in [-0.25, -0.2) is 0 Å². The summed E-state index contributed by atoms with van der Waals surface area (Å²) in [5, 5.41) is 3.22. The Labute approximate surface area is 88.7 Å². The molecule has 0 heterocycles. The highest BCUT2D eigenvalue weighted by atomic mass is 32.2. The molecule has 1 aromatic carbocycles. The SMILES string of the molecule is CNc1ccccc1C(SC)SC. The Balaban J connectivity index is 2.96. The number of hydrogen-bond acceptors (Lipinski definition) is 3. The van der Waals surface area contributed by atoms with Gasteiger partial charge in [0.15, 0.2) is 0 Å². The molecule has 1 N–H and O–H groups in total. The fraction of sp³-hybridized carbons (Fsp3) is 0.400. The molecule has 0 fully saturated rings. The van der Waals surface area contributed by atoms with Crippen LogP contribution < -0.4 is 5.32 Å². The van der Waals surface area contributed by atoms with Crippen LogP contribution in [-0.4, -0.2) is 19.6 Å². The number of anilines is 1. The zero-order valence-electron chi connectivity index (χ0n) is 8.20. The largest absolute Gasteiger partial charge is 0.388 e. The third-order valence-corrected chi connectivity index (χ3v) is 4.43. The molecule has 0 spiro atoms. The van der Waals surface area contributed by atoms with Crippen molar-refractivity contribution < 1.29 is 0 Å². The zero-order valence-corrected chi connectivity index (χ0v) is 9.84. The van der Waals surface area contributed by atoms with Gasteiger partial charge >= 0.3 is 0 Å². The summed E-state index contributed by atoms with van der Waals surface area (Å²) < 4.78 is 0.531. The second kappa shape index (κ2) is 5.45. The quantitative estimate of drug-likeness (QED) is 0.769. The first-order valence-electron chi connectivity index (χ1n) is 4.15. The molecule has 0 aromatic heterocycles. The van der Waals surface area contributed by atoms with Crippen molar-refractivity contribution in [2.75, 3.05) is 24.9 Å². The van der Waals surface area contributed by atoms with Crippen LogP contribution in [0.4, 0.5) is 5.69 Å². The van der Waals surface area contributed by atoms with E-state index in [0.29, 0.717) is 4.58 Å². The molecule has 0 aliphatic rings. The summed E-state index contributed by atoms with van der Waals surface area (Å²) in [6.45, 7) is 0. The van der Waals surface area contributed by atoms with Crippen molar-refractivity contribution in [3.63, 3.8) is 0 Å². The number of rotatable bonds is 4. The van der Waals surface area contributed by atoms with Crippen LogP contribution in [0.25, 0.3) is 0 Å². The molecule has 0 amide bonds. The van der Waals surface area contributed by atoms with Crippen molar-refractivity contribution in [2.24, 2.45) is 0 Å². The van der Waals surface area contributed by atoms with E-state index in [1.165, 1.54) is 11.3 Å². The Morgan fingerprint density at radius 3 is 2.31 bits per heavy atom. The molecule has 0 aliphatic heterocycles. The fourth-order valence-electron chi connectivity index (χ4n) is 1.28. The first-order valence-corrected chi connectivity index (χ1v) is 6.73. The normalized spacial score (nSPS) is 10.5. The van der Waals surface area contributed by atoms with Crippen LogP contribution >= 0.6 is 23.5 Å². The monoisotopic (exact) mass is 213 g/mol. The summed E-state index contributed by atoms with van der Waals surface area (Å²) in [4.78, 5) is 0. The molecular weight excluding hydrogens is 198 g/mol. The lowest BCUT2D eigenvalue weighted by atomic mass is 10.2. The highest BCUT2D eigenvalue weighted by Gasteiger charge is 2.10. The minimum atomic E-state index is 0.531. The highest BCUT2D eigenvalue weighted by Crippen LogP contribution is 2.39. The predicted molar refractivity (Wildman–Crippen MR) is 65.8 cm³/mol. The first kappa shape index (κ1) is 10.8. The van der Waals surface area contributed by atoms with Crippen molar-refractivity contribution in [2.45, 2.75) is 4.58 Å². The van der Waals surface area contributed by atoms with Crippen molar-refractivity contribution in [1.29, 1.82) is 0 Å². The average Bonchev–Trinajstić information content (AvgIpc) is 2.20. The van der Waals surface area contributed by atoms with Crippen LogP contribution in [0.3, 0.4) is 0 Å². The minimum absolute atomic E-state index is 0.531. The summed E-state index contributed by atoms with van der Waals surface area (Å²) in [6, 6.07) is 8.46. The Morgan fingerprint density at radius 2 is 1.77 bits per heavy atom. The summed E-state index contributed by atoms with van der Waals surface area (Å²) >= 11 is 3.75. The molecule has 0 radical (unpaired) electrons. The molecule has 0 saturated carbocycles. The molecule has 1 nitrogen and oxygen atoms in total. The van der Waals surface area contributed by atoms with Gasteiger partial charge in [0.05, 0.1) is 4.58 Å². The zero-order chi connectivity index (χ0) is 9.68. The van der Waals surface area contributed by atoms with Gasteiger partial charge in [-0.2, -0.15) is 0 Å². The van der Waals surface area contributed by atoms with Crippen LogP contribution in [0.1, 0.15) is 10.1 Å². The topological polar surface area (TPSA) is 12.0 Å². The molecule has 0 saturated heterocycles. The molecule has 0 aliphatic carbocycles. The smallest absolute Gasteiger partial charge is 0.0765 e. The Morgan fingerprint density at radius 1 is 1.15 bits per heavy atom. The van der Waals surface area contributed by atoms with Crippen molar-refractivity contribution in [3.05, 3.63) is 29.8 Å². The Kier molecular flexibility index (Phi) is 4.53. The molecule has 3 heteroatoms. The van der Waals surface area contributed by atoms with Crippen LogP contribution in [0, 0.1) is 0 Å². The van der Waals surface area contributed by atoms with Gasteiger partial charge in [-0.15, -0.1) is 23.5 Å². The van der Waals surface area contributed by atoms with Gasteiger partial charge in [-0.3, -0.25) is 0 Å². The third kappa shape index (κ3) is 2.58. The second-order valence-corrected chi connectivity index (χ2v) is 4.82. The van der Waals surface area contributed by atoms with E-state index in [1.54, 1.807) is 0 Å². The minimum Gasteiger partial charge on any atom is -0.388 e. The van der Waals surface area contributed by atoms with Crippen LogP contribution in [0.2, 0.25) is 0 Å². The van der Waals surface area contributed by atoms with E-state index in [2.05, 4.69) is 42.1 Å². The van der Waals surface area contributed by atoms with Crippen molar-refractivity contribution in [1.82, 2.24) is 0 Å². The number of nitrogens with one attached hydrogen (secondary N) is 1. The van der Waals surface area contributed by atoms with Gasteiger partial charge < -0.3 is 5.32 Å². The van der Waals surface area contributed by atoms with Crippen LogP contribution in [-0.2, 0) is 0 Å². The molecule has 1 aromatic rings. The molecule has 0 unspecified atom stereocenters. The summed E-state index contributed by atoms with van der Waals surface area (Å²) in [6.07, 6.45) is 4.29. The number of hydrogen-bond donors (Lipinski definition) is 1. The van der Waals surface area contributed by atoms with Gasteiger partial charge in [0.25, 0.3) is 0 Å². The van der Waals surface area contributed by atoms with E-state index in [-0.39, 0.29) is 0 Å². The van der Waals surface area contributed by atoms with E-state index >= 15 is 0 Å². The van der Waals surface area contributed by atoms with Gasteiger partial charge in [-0.05, 0) is 24.1 Å². The predicted octanol–water partition coefficient (Wildman–Crippen LogP) is 3.45. The highest BCUT2D eigenvalue weighted by molar-refractivity contribution is 8.15. The van der Waals surface area contributed by atoms with Crippen LogP contribution in [0.5, 0.6) is 0 Å². The maximum absolute atomic E-state index is 3.22. The standard InChI is InChI=1S/C10H15NS2/c1-11-9-7-5-4-6-8(9)10(12-2)13-3/h4-7,10-11H,1-3H3. The van der Waals surface area contributed by atoms with Gasteiger partial charge in [0.1, 0.15) is 0 Å². The van der Waals surface area contributed by atoms with E-state index in [9.17, 15) is 0 Å². The van der Waals surface area contributed by atoms with Crippen LogP contribution in [0.15, 0.2) is 24.3 Å². The lowest BCUT2D eigenvalue weighted by molar-refractivity contribution is 1.35. The molecule has 13 heavy (non-hydrogen) atoms. The number of thioether (sulfide) groups is 2. The Bertz CT molecular complexity index is 259. The van der Waals surface area contributed by atoms with E-state index in [0.717, 1.165) is 0 Å². The first-order chi connectivity index (χ1) is 6.33. The van der Waals surface area contributed by atoms with Crippen molar-refractivity contribution >= 4 is 29.2 Å². The van der Waals surface area contributed by atoms with E-state index < -0.39 is 0 Å².